The summed E-state index contributed by atoms with van der Waals surface area (Å²) in [6, 6.07) is 0. The van der Waals surface area contributed by atoms with Crippen molar-refractivity contribution in [2.24, 2.45) is 0 Å². The highest BCUT2D eigenvalue weighted by Crippen LogP contribution is 2.14. The fourth-order valence-corrected chi connectivity index (χ4v) is 1.27. The lowest BCUT2D eigenvalue weighted by atomic mass is 10.1. The molecule has 17 heavy (non-hydrogen) atoms. The molecule has 1 aliphatic rings. The third-order valence-electron chi connectivity index (χ3n) is 2.31. The summed E-state index contributed by atoms with van der Waals surface area (Å²) in [5, 5.41) is 18.5. The van der Waals surface area contributed by atoms with Crippen LogP contribution in [0.1, 0.15) is 13.3 Å². The van der Waals surface area contributed by atoms with Gasteiger partial charge in [0.2, 0.25) is 11.9 Å². The van der Waals surface area contributed by atoms with Crippen LogP contribution in [0.15, 0.2) is 0 Å². The van der Waals surface area contributed by atoms with Gasteiger partial charge in [-0.05, 0) is 0 Å². The van der Waals surface area contributed by atoms with Crippen LogP contribution in [0.4, 0.5) is 0 Å². The van der Waals surface area contributed by atoms with Crippen molar-refractivity contribution in [3.05, 3.63) is 0 Å². The van der Waals surface area contributed by atoms with Gasteiger partial charge in [0.1, 0.15) is 12.7 Å². The average Bonchev–Trinajstić information content (AvgIpc) is 2.56. The summed E-state index contributed by atoms with van der Waals surface area (Å²) in [5.74, 6) is -2.12. The van der Waals surface area contributed by atoms with Gasteiger partial charge in [0, 0.05) is 6.42 Å². The van der Waals surface area contributed by atoms with E-state index in [9.17, 15) is 19.5 Å². The van der Waals surface area contributed by atoms with E-state index < -0.39 is 30.1 Å². The fourth-order valence-electron chi connectivity index (χ4n) is 1.27. The zero-order valence-electron chi connectivity index (χ0n) is 9.29. The van der Waals surface area contributed by atoms with E-state index in [0.717, 1.165) is 0 Å². The molecule has 0 radical (unpaired) electrons. The average molecular weight is 246 g/mol. The molecule has 0 aromatic carbocycles. The molecule has 1 heterocycles. The summed E-state index contributed by atoms with van der Waals surface area (Å²) >= 11 is 0. The van der Waals surface area contributed by atoms with Crippen molar-refractivity contribution in [3.63, 3.8) is 0 Å². The van der Waals surface area contributed by atoms with Crippen LogP contribution in [-0.4, -0.2) is 59.3 Å². The summed E-state index contributed by atoms with van der Waals surface area (Å²) < 4.78 is 9.33. The molecule has 0 amide bonds. The molecular formula is C10H14O7. The van der Waals surface area contributed by atoms with Gasteiger partial charge in [-0.3, -0.25) is 9.59 Å². The SMILES string of the molecule is CCC(=O)COCC(O)C1OC(=O)C(O)C1=O. The Bertz CT molecular complexity index is 325. The van der Waals surface area contributed by atoms with Crippen molar-refractivity contribution in [2.45, 2.75) is 31.7 Å². The first kappa shape index (κ1) is 13.8. The Balaban J connectivity index is 2.38. The minimum Gasteiger partial charge on any atom is -0.449 e. The second-order valence-electron chi connectivity index (χ2n) is 3.64. The van der Waals surface area contributed by atoms with Gasteiger partial charge in [-0.2, -0.15) is 0 Å². The smallest absolute Gasteiger partial charge is 0.343 e. The first-order chi connectivity index (χ1) is 7.97. The zero-order chi connectivity index (χ0) is 13.0. The van der Waals surface area contributed by atoms with E-state index >= 15 is 0 Å². The third-order valence-corrected chi connectivity index (χ3v) is 2.31. The molecule has 3 unspecified atom stereocenters. The van der Waals surface area contributed by atoms with E-state index in [2.05, 4.69) is 4.74 Å². The van der Waals surface area contributed by atoms with Gasteiger partial charge in [-0.25, -0.2) is 4.79 Å². The monoisotopic (exact) mass is 246 g/mol. The highest BCUT2D eigenvalue weighted by atomic mass is 16.6. The Labute approximate surface area is 97.3 Å². The second-order valence-corrected chi connectivity index (χ2v) is 3.64. The number of esters is 1. The number of ketones is 2. The molecule has 0 aromatic heterocycles. The van der Waals surface area contributed by atoms with Crippen LogP contribution >= 0.6 is 0 Å². The molecule has 1 rings (SSSR count). The van der Waals surface area contributed by atoms with Gasteiger partial charge in [-0.1, -0.05) is 6.92 Å². The highest BCUT2D eigenvalue weighted by Gasteiger charge is 2.45. The molecule has 1 aliphatic heterocycles. The highest BCUT2D eigenvalue weighted by molar-refractivity contribution is 6.09. The number of rotatable bonds is 6. The predicted molar refractivity (Wildman–Crippen MR) is 53.0 cm³/mol. The standard InChI is InChI=1S/C10H14O7/c1-2-5(11)3-16-4-6(12)9-7(13)8(14)10(15)17-9/h6,8-9,12,14H,2-4H2,1H3. The van der Waals surface area contributed by atoms with Crippen molar-refractivity contribution >= 4 is 17.5 Å². The molecule has 2 N–H and O–H groups in total. The summed E-state index contributed by atoms with van der Waals surface area (Å²) in [6.07, 6.45) is -4.33. The van der Waals surface area contributed by atoms with Crippen molar-refractivity contribution in [1.82, 2.24) is 0 Å². The molecule has 0 aliphatic carbocycles. The fraction of sp³-hybridized carbons (Fsp3) is 0.700. The number of hydrogen-bond acceptors (Lipinski definition) is 7. The van der Waals surface area contributed by atoms with E-state index in [0.29, 0.717) is 6.42 Å². The topological polar surface area (TPSA) is 110 Å². The van der Waals surface area contributed by atoms with Crippen LogP contribution in [-0.2, 0) is 23.9 Å². The number of aliphatic hydroxyl groups is 2. The maximum Gasteiger partial charge on any atom is 0.343 e. The third kappa shape index (κ3) is 3.32. The molecule has 0 saturated carbocycles. The zero-order valence-corrected chi connectivity index (χ0v) is 9.29. The maximum atomic E-state index is 11.2. The Morgan fingerprint density at radius 2 is 2.18 bits per heavy atom. The van der Waals surface area contributed by atoms with E-state index in [4.69, 9.17) is 9.84 Å². The molecule has 7 heteroatoms. The van der Waals surface area contributed by atoms with E-state index in [1.54, 1.807) is 6.92 Å². The predicted octanol–water partition coefficient (Wildman–Crippen LogP) is -1.80. The molecule has 0 aromatic rings. The first-order valence-corrected chi connectivity index (χ1v) is 5.17. The van der Waals surface area contributed by atoms with Gasteiger partial charge < -0.3 is 19.7 Å². The minimum absolute atomic E-state index is 0.146. The van der Waals surface area contributed by atoms with Gasteiger partial charge >= 0.3 is 5.97 Å². The molecule has 1 fully saturated rings. The molecular weight excluding hydrogens is 232 g/mol. The van der Waals surface area contributed by atoms with Crippen LogP contribution in [0, 0.1) is 0 Å². The van der Waals surface area contributed by atoms with Crippen LogP contribution in [0.3, 0.4) is 0 Å². The number of cyclic esters (lactones) is 1. The Hall–Kier alpha value is -1.31. The van der Waals surface area contributed by atoms with Gasteiger partial charge in [-0.15, -0.1) is 0 Å². The van der Waals surface area contributed by atoms with Crippen molar-refractivity contribution in [3.8, 4) is 0 Å². The van der Waals surface area contributed by atoms with Gasteiger partial charge in [0.25, 0.3) is 0 Å². The number of aliphatic hydroxyl groups excluding tert-OH is 2. The molecule has 0 bridgehead atoms. The lowest BCUT2D eigenvalue weighted by Crippen LogP contribution is -2.37. The largest absolute Gasteiger partial charge is 0.449 e. The second kappa shape index (κ2) is 5.85. The Kier molecular flexibility index (Phi) is 4.73. The molecule has 1 saturated heterocycles. The number of ether oxygens (including phenoxy) is 2. The van der Waals surface area contributed by atoms with E-state index in [1.165, 1.54) is 0 Å². The van der Waals surface area contributed by atoms with Crippen LogP contribution in [0.2, 0.25) is 0 Å². The van der Waals surface area contributed by atoms with Crippen LogP contribution in [0.5, 0.6) is 0 Å². The van der Waals surface area contributed by atoms with Crippen LogP contribution < -0.4 is 0 Å². The Morgan fingerprint density at radius 3 is 2.65 bits per heavy atom. The molecule has 96 valence electrons. The van der Waals surface area contributed by atoms with Gasteiger partial charge in [0.15, 0.2) is 11.9 Å². The van der Waals surface area contributed by atoms with Gasteiger partial charge in [0.05, 0.1) is 6.61 Å². The number of carbonyl (C=O) groups is 3. The van der Waals surface area contributed by atoms with Crippen molar-refractivity contribution in [1.29, 1.82) is 0 Å². The normalized spacial score (nSPS) is 25.8. The number of hydrogen-bond donors (Lipinski definition) is 2. The van der Waals surface area contributed by atoms with E-state index in [-0.39, 0.29) is 19.0 Å². The van der Waals surface area contributed by atoms with E-state index in [1.807, 2.05) is 0 Å². The summed E-state index contributed by atoms with van der Waals surface area (Å²) in [4.78, 5) is 32.9. The molecule has 0 spiro atoms. The minimum atomic E-state index is -1.84. The Morgan fingerprint density at radius 1 is 1.53 bits per heavy atom. The van der Waals surface area contributed by atoms with Crippen molar-refractivity contribution < 1.29 is 34.1 Å². The summed E-state index contributed by atoms with van der Waals surface area (Å²) in [5.41, 5.74) is 0. The van der Waals surface area contributed by atoms with Crippen molar-refractivity contribution in [2.75, 3.05) is 13.2 Å². The summed E-state index contributed by atoms with van der Waals surface area (Å²) in [6.45, 7) is 1.17. The number of Topliss-reactive ketones (excluding diaryl/α,β-unsaturated/α-hetero) is 2. The summed E-state index contributed by atoms with van der Waals surface area (Å²) in [7, 11) is 0. The van der Waals surface area contributed by atoms with Crippen LogP contribution in [0.25, 0.3) is 0 Å². The lowest BCUT2D eigenvalue weighted by Gasteiger charge is -2.15. The molecule has 7 nitrogen and oxygen atoms in total. The quantitative estimate of drug-likeness (QED) is 0.420. The molecule has 3 atom stereocenters. The number of carbonyl (C=O) groups excluding carboxylic acids is 3. The lowest BCUT2D eigenvalue weighted by molar-refractivity contribution is -0.152. The maximum absolute atomic E-state index is 11.2. The first-order valence-electron chi connectivity index (χ1n) is 5.17.